The summed E-state index contributed by atoms with van der Waals surface area (Å²) in [4.78, 5) is 34.9. The third-order valence-corrected chi connectivity index (χ3v) is 3.65. The van der Waals surface area contributed by atoms with Gasteiger partial charge in [0.05, 0.1) is 7.11 Å². The van der Waals surface area contributed by atoms with Gasteiger partial charge < -0.3 is 15.4 Å². The molecule has 0 fully saturated rings. The zero-order valence-electron chi connectivity index (χ0n) is 14.8. The first kappa shape index (κ1) is 20.9. The summed E-state index contributed by atoms with van der Waals surface area (Å²) in [5.41, 5.74) is 0.689. The number of amides is 2. The number of alkyl halides is 3. The molecule has 9 heteroatoms. The molecule has 2 N–H and O–H groups in total. The largest absolute Gasteiger partial charge is 0.497 e. The molecule has 2 amide bonds. The number of hydrogen-bond donors (Lipinski definition) is 2. The van der Waals surface area contributed by atoms with E-state index in [1.165, 1.54) is 31.4 Å². The molecule has 0 unspecified atom stereocenters. The van der Waals surface area contributed by atoms with Crippen molar-refractivity contribution >= 4 is 29.0 Å². The Kier molecular flexibility index (Phi) is 6.75. The van der Waals surface area contributed by atoms with Crippen molar-refractivity contribution in [3.8, 4) is 5.75 Å². The molecule has 2 rings (SSSR count). The highest BCUT2D eigenvalue weighted by molar-refractivity contribution is 6.00. The topological polar surface area (TPSA) is 84.5 Å². The number of Topliss-reactive ketones (excluding diaryl/α,β-unsaturated/α-hetero) is 1. The second-order valence-electron chi connectivity index (χ2n) is 5.73. The van der Waals surface area contributed by atoms with Crippen molar-refractivity contribution in [2.75, 3.05) is 17.7 Å². The van der Waals surface area contributed by atoms with Crippen LogP contribution in [-0.2, 0) is 9.59 Å². The van der Waals surface area contributed by atoms with E-state index in [1.54, 1.807) is 29.6 Å². The highest BCUT2D eigenvalue weighted by Crippen LogP contribution is 2.20. The molecule has 148 valence electrons. The Bertz CT molecular complexity index is 864. The van der Waals surface area contributed by atoms with Crippen LogP contribution in [0.4, 0.5) is 24.5 Å². The lowest BCUT2D eigenvalue weighted by Gasteiger charge is -2.09. The summed E-state index contributed by atoms with van der Waals surface area (Å²) in [7, 11) is 1.48. The Morgan fingerprint density at radius 1 is 0.929 bits per heavy atom. The van der Waals surface area contributed by atoms with Crippen molar-refractivity contribution in [2.24, 2.45) is 0 Å². The third kappa shape index (κ3) is 6.11. The normalized spacial score (nSPS) is 10.9. The standard InChI is InChI=1S/C19H17F3N2O4/c1-28-15-4-2-3-12(11-15)16(25)9-10-17(26)23-13-5-7-14(8-6-13)24-18(27)19(20,21)22/h2-8,11H,9-10H2,1H3,(H,23,26)(H,24,27). The number of carbonyl (C=O) groups is 3. The number of ketones is 1. The molecule has 0 bridgehead atoms. The number of methoxy groups -OCH3 is 1. The van der Waals surface area contributed by atoms with Crippen LogP contribution in [0, 0.1) is 0 Å². The first-order valence-electron chi connectivity index (χ1n) is 8.14. The minimum Gasteiger partial charge on any atom is -0.497 e. The molecule has 0 spiro atoms. The van der Waals surface area contributed by atoms with Crippen molar-refractivity contribution in [1.82, 2.24) is 0 Å². The molecule has 0 aliphatic heterocycles. The Labute approximate surface area is 158 Å². The summed E-state index contributed by atoms with van der Waals surface area (Å²) in [5.74, 6) is -2.20. The average Bonchev–Trinajstić information content (AvgIpc) is 2.67. The number of carbonyl (C=O) groups excluding carboxylic acids is 3. The van der Waals surface area contributed by atoms with E-state index in [0.717, 1.165) is 0 Å². The van der Waals surface area contributed by atoms with Gasteiger partial charge in [-0.1, -0.05) is 12.1 Å². The van der Waals surface area contributed by atoms with E-state index in [9.17, 15) is 27.6 Å². The van der Waals surface area contributed by atoms with Gasteiger partial charge in [-0.15, -0.1) is 0 Å². The molecule has 0 aliphatic rings. The van der Waals surface area contributed by atoms with E-state index < -0.39 is 18.0 Å². The molecule has 2 aromatic rings. The lowest BCUT2D eigenvalue weighted by Crippen LogP contribution is -2.29. The Hall–Kier alpha value is -3.36. The minimum atomic E-state index is -4.98. The first-order valence-corrected chi connectivity index (χ1v) is 8.14. The van der Waals surface area contributed by atoms with Crippen LogP contribution in [0.15, 0.2) is 48.5 Å². The summed E-state index contributed by atoms with van der Waals surface area (Å²) >= 11 is 0. The molecule has 0 radical (unpaired) electrons. The van der Waals surface area contributed by atoms with E-state index in [2.05, 4.69) is 5.32 Å². The number of rotatable bonds is 7. The van der Waals surface area contributed by atoms with Crippen LogP contribution in [0.1, 0.15) is 23.2 Å². The van der Waals surface area contributed by atoms with Crippen molar-refractivity contribution in [3.63, 3.8) is 0 Å². The fourth-order valence-corrected chi connectivity index (χ4v) is 2.23. The molecule has 28 heavy (non-hydrogen) atoms. The maximum Gasteiger partial charge on any atom is 0.471 e. The van der Waals surface area contributed by atoms with Crippen LogP contribution in [-0.4, -0.2) is 30.9 Å². The summed E-state index contributed by atoms with van der Waals surface area (Å²) in [6, 6.07) is 11.7. The number of hydrogen-bond acceptors (Lipinski definition) is 4. The lowest BCUT2D eigenvalue weighted by molar-refractivity contribution is -0.167. The molecule has 0 aliphatic carbocycles. The number of nitrogens with one attached hydrogen (secondary N) is 2. The molecular weight excluding hydrogens is 377 g/mol. The number of benzene rings is 2. The quantitative estimate of drug-likeness (QED) is 0.700. The van der Waals surface area contributed by atoms with Gasteiger partial charge in [0.25, 0.3) is 0 Å². The smallest absolute Gasteiger partial charge is 0.471 e. The van der Waals surface area contributed by atoms with E-state index >= 15 is 0 Å². The van der Waals surface area contributed by atoms with Gasteiger partial charge >= 0.3 is 12.1 Å². The first-order chi connectivity index (χ1) is 13.2. The van der Waals surface area contributed by atoms with Crippen LogP contribution < -0.4 is 15.4 Å². The number of halogens is 3. The predicted octanol–water partition coefficient (Wildman–Crippen LogP) is 3.80. The zero-order valence-corrected chi connectivity index (χ0v) is 14.8. The second kappa shape index (κ2) is 9.03. The molecule has 0 atom stereocenters. The maximum absolute atomic E-state index is 12.2. The van der Waals surface area contributed by atoms with E-state index in [0.29, 0.717) is 17.0 Å². The van der Waals surface area contributed by atoms with Gasteiger partial charge in [-0.2, -0.15) is 13.2 Å². The number of ether oxygens (including phenoxy) is 1. The fourth-order valence-electron chi connectivity index (χ4n) is 2.23. The SMILES string of the molecule is COc1cccc(C(=O)CCC(=O)Nc2ccc(NC(=O)C(F)(F)F)cc2)c1. The van der Waals surface area contributed by atoms with E-state index in [-0.39, 0.29) is 24.3 Å². The van der Waals surface area contributed by atoms with Crippen LogP contribution in [0.25, 0.3) is 0 Å². The number of anilines is 2. The van der Waals surface area contributed by atoms with Gasteiger partial charge in [0.15, 0.2) is 5.78 Å². The van der Waals surface area contributed by atoms with E-state index in [1.807, 2.05) is 0 Å². The molecule has 0 aromatic heterocycles. The van der Waals surface area contributed by atoms with Crippen LogP contribution in [0.5, 0.6) is 5.75 Å². The minimum absolute atomic E-state index is 0.0152. The molecule has 0 saturated carbocycles. The molecule has 0 heterocycles. The Morgan fingerprint density at radius 3 is 2.11 bits per heavy atom. The highest BCUT2D eigenvalue weighted by Gasteiger charge is 2.38. The van der Waals surface area contributed by atoms with Crippen molar-refractivity contribution in [1.29, 1.82) is 0 Å². The van der Waals surface area contributed by atoms with Gasteiger partial charge in [-0.3, -0.25) is 14.4 Å². The average molecular weight is 394 g/mol. The predicted molar refractivity (Wildman–Crippen MR) is 96.3 cm³/mol. The summed E-state index contributed by atoms with van der Waals surface area (Å²) < 4.78 is 41.6. The molecule has 0 saturated heterocycles. The third-order valence-electron chi connectivity index (χ3n) is 3.65. The summed E-state index contributed by atoms with van der Waals surface area (Å²) in [6.45, 7) is 0. The molecule has 2 aromatic carbocycles. The van der Waals surface area contributed by atoms with Gasteiger partial charge in [-0.25, -0.2) is 0 Å². The van der Waals surface area contributed by atoms with Crippen LogP contribution >= 0.6 is 0 Å². The van der Waals surface area contributed by atoms with Crippen LogP contribution in [0.2, 0.25) is 0 Å². The lowest BCUT2D eigenvalue weighted by atomic mass is 10.1. The Balaban J connectivity index is 1.85. The monoisotopic (exact) mass is 394 g/mol. The highest BCUT2D eigenvalue weighted by atomic mass is 19.4. The fraction of sp³-hybridized carbons (Fsp3) is 0.211. The maximum atomic E-state index is 12.2. The van der Waals surface area contributed by atoms with E-state index in [4.69, 9.17) is 4.74 Å². The van der Waals surface area contributed by atoms with Crippen molar-refractivity contribution in [3.05, 3.63) is 54.1 Å². The molecule has 6 nitrogen and oxygen atoms in total. The summed E-state index contributed by atoms with van der Waals surface area (Å²) in [6.07, 6.45) is -5.07. The van der Waals surface area contributed by atoms with Crippen molar-refractivity contribution in [2.45, 2.75) is 19.0 Å². The zero-order chi connectivity index (χ0) is 20.7. The van der Waals surface area contributed by atoms with Crippen molar-refractivity contribution < 1.29 is 32.3 Å². The van der Waals surface area contributed by atoms with Gasteiger partial charge in [0, 0.05) is 29.8 Å². The van der Waals surface area contributed by atoms with Gasteiger partial charge in [-0.05, 0) is 36.4 Å². The second-order valence-corrected chi connectivity index (χ2v) is 5.73. The van der Waals surface area contributed by atoms with Crippen LogP contribution in [0.3, 0.4) is 0 Å². The van der Waals surface area contributed by atoms with Gasteiger partial charge in [0.1, 0.15) is 5.75 Å². The molecular formula is C19H17F3N2O4. The Morgan fingerprint density at radius 2 is 1.54 bits per heavy atom. The summed E-state index contributed by atoms with van der Waals surface area (Å²) in [5, 5.41) is 4.23. The van der Waals surface area contributed by atoms with Gasteiger partial charge in [0.2, 0.25) is 5.91 Å².